The van der Waals surface area contributed by atoms with Crippen molar-refractivity contribution in [2.45, 2.75) is 0 Å². The highest BCUT2D eigenvalue weighted by Gasteiger charge is 2.16. The van der Waals surface area contributed by atoms with Gasteiger partial charge in [0, 0.05) is 23.5 Å². The molecule has 0 fully saturated rings. The average Bonchev–Trinajstić information content (AvgIpc) is 3.32. The summed E-state index contributed by atoms with van der Waals surface area (Å²) in [6, 6.07) is 19.5. The van der Waals surface area contributed by atoms with Crippen LogP contribution < -0.4 is 21.5 Å². The third-order valence-corrected chi connectivity index (χ3v) is 5.32. The van der Waals surface area contributed by atoms with Gasteiger partial charge >= 0.3 is 0 Å². The molecule has 11 heteroatoms. The lowest BCUT2D eigenvalue weighted by atomic mass is 10.0. The molecule has 0 saturated heterocycles. The average molecular weight is 495 g/mol. The molecule has 5 rings (SSSR count). The monoisotopic (exact) mass is 494 g/mol. The fourth-order valence-corrected chi connectivity index (χ4v) is 3.41. The highest BCUT2D eigenvalue weighted by molar-refractivity contribution is 6.11. The first-order chi connectivity index (χ1) is 17.9. The maximum atomic E-state index is 12.4. The van der Waals surface area contributed by atoms with Crippen LogP contribution >= 0.6 is 0 Å². The van der Waals surface area contributed by atoms with Gasteiger partial charge < -0.3 is 26.6 Å². The Kier molecular flexibility index (Phi) is 7.11. The molecule has 0 aliphatic carbocycles. The van der Waals surface area contributed by atoms with E-state index in [2.05, 4.69) is 20.4 Å². The van der Waals surface area contributed by atoms with Crippen molar-refractivity contribution < 1.29 is 14.6 Å². The molecule has 3 aromatic carbocycles. The zero-order valence-electron chi connectivity index (χ0n) is 19.7. The number of nitrogens with zero attached hydrogens (tertiary/aromatic N) is 5. The van der Waals surface area contributed by atoms with Crippen molar-refractivity contribution in [1.82, 2.24) is 19.7 Å². The molecule has 37 heavy (non-hydrogen) atoms. The number of fused-ring (bicyclic) bond motifs is 1. The van der Waals surface area contributed by atoms with E-state index in [1.807, 2.05) is 24.3 Å². The largest absolute Gasteiger partial charge is 0.505 e. The van der Waals surface area contributed by atoms with Crippen LogP contribution in [0.3, 0.4) is 0 Å². The molecule has 184 valence electrons. The molecule has 0 aliphatic heterocycles. The van der Waals surface area contributed by atoms with Crippen LogP contribution in [-0.2, 0) is 0 Å². The van der Waals surface area contributed by atoms with E-state index in [1.165, 1.54) is 10.9 Å². The highest BCUT2D eigenvalue weighted by atomic mass is 16.5. The fourth-order valence-electron chi connectivity index (χ4n) is 3.41. The first-order valence-corrected chi connectivity index (χ1v) is 10.9. The molecule has 0 spiro atoms. The maximum absolute atomic E-state index is 12.4. The van der Waals surface area contributed by atoms with E-state index in [1.54, 1.807) is 62.0 Å². The Hall–Kier alpha value is -5.63. The van der Waals surface area contributed by atoms with Gasteiger partial charge in [0.2, 0.25) is 0 Å². The molecule has 0 aliphatic rings. The molecule has 0 bridgehead atoms. The molecule has 0 saturated carbocycles. The summed E-state index contributed by atoms with van der Waals surface area (Å²) in [7, 11) is 1.57. The number of rotatable bonds is 4. The third kappa shape index (κ3) is 5.23. The van der Waals surface area contributed by atoms with Crippen molar-refractivity contribution in [2.24, 2.45) is 0 Å². The van der Waals surface area contributed by atoms with Gasteiger partial charge in [-0.05, 0) is 41.8 Å². The number of carbonyl (C=O) groups is 1. The van der Waals surface area contributed by atoms with Crippen LogP contribution in [0.15, 0.2) is 79.3 Å². The lowest BCUT2D eigenvalue weighted by Gasteiger charge is -2.11. The highest BCUT2D eigenvalue weighted by Crippen LogP contribution is 2.34. The van der Waals surface area contributed by atoms with Gasteiger partial charge in [0.25, 0.3) is 11.9 Å². The molecule has 0 unspecified atom stereocenters. The third-order valence-electron chi connectivity index (χ3n) is 5.32. The van der Waals surface area contributed by atoms with Gasteiger partial charge in [-0.3, -0.25) is 4.79 Å². The number of aromatic hydroxyl groups is 1. The quantitative estimate of drug-likeness (QED) is 0.215. The Morgan fingerprint density at radius 2 is 1.78 bits per heavy atom. The van der Waals surface area contributed by atoms with E-state index in [-0.39, 0.29) is 22.8 Å². The predicted octanol–water partition coefficient (Wildman–Crippen LogP) is 3.50. The SMILES string of the molecule is COc1ccc(NC(=O)c2cc3ccccc3c(N)c2O)cc1.N#Cc1cnn(-c2ncccn2)c1N. The summed E-state index contributed by atoms with van der Waals surface area (Å²) in [6.07, 6.45) is 4.54. The molecule has 1 amide bonds. The van der Waals surface area contributed by atoms with Gasteiger partial charge in [-0.2, -0.15) is 15.0 Å². The topological polar surface area (TPSA) is 178 Å². The molecular formula is C26H22N8O3. The van der Waals surface area contributed by atoms with Gasteiger partial charge in [0.15, 0.2) is 5.75 Å². The number of hydrogen-bond acceptors (Lipinski definition) is 9. The van der Waals surface area contributed by atoms with Crippen LogP contribution in [0.25, 0.3) is 16.7 Å². The summed E-state index contributed by atoms with van der Waals surface area (Å²) in [6.45, 7) is 0. The number of nitrogens with two attached hydrogens (primary N) is 2. The number of hydrogen-bond donors (Lipinski definition) is 4. The smallest absolute Gasteiger partial charge is 0.259 e. The van der Waals surface area contributed by atoms with Crippen LogP contribution in [0, 0.1) is 11.3 Å². The number of nitriles is 1. The molecule has 2 aromatic heterocycles. The van der Waals surface area contributed by atoms with E-state index in [0.717, 1.165) is 5.39 Å². The number of anilines is 3. The molecule has 0 atom stereocenters. The van der Waals surface area contributed by atoms with Crippen LogP contribution in [-0.4, -0.2) is 37.9 Å². The van der Waals surface area contributed by atoms with Crippen molar-refractivity contribution in [3.05, 3.63) is 90.4 Å². The van der Waals surface area contributed by atoms with Crippen molar-refractivity contribution in [1.29, 1.82) is 5.26 Å². The summed E-state index contributed by atoms with van der Waals surface area (Å²) in [5.74, 6) is 0.658. The summed E-state index contributed by atoms with van der Waals surface area (Å²) in [4.78, 5) is 20.3. The number of methoxy groups -OCH3 is 1. The number of phenols is 1. The summed E-state index contributed by atoms with van der Waals surface area (Å²) in [5, 5.41) is 27.0. The molecular weight excluding hydrogens is 472 g/mol. The summed E-state index contributed by atoms with van der Waals surface area (Å²) in [5.41, 5.74) is 12.8. The second-order valence-electron chi connectivity index (χ2n) is 7.61. The first kappa shape index (κ1) is 24.5. The van der Waals surface area contributed by atoms with Gasteiger partial charge in [-0.25, -0.2) is 9.97 Å². The standard InChI is InChI=1S/C18H16N2O3.C8H6N6/c1-23-13-8-6-12(7-9-13)20-18(22)15-10-11-4-2-3-5-14(11)16(19)17(15)21;9-4-6-5-13-14(7(6)10)8-11-2-1-3-12-8/h2-10,21H,19H2,1H3,(H,20,22);1-3,5H,10H2. The van der Waals surface area contributed by atoms with E-state index < -0.39 is 5.91 Å². The van der Waals surface area contributed by atoms with Crippen molar-refractivity contribution >= 4 is 33.9 Å². The Balaban J connectivity index is 0.000000195. The number of ether oxygens (including phenoxy) is 1. The Labute approximate surface area is 211 Å². The van der Waals surface area contributed by atoms with E-state index in [0.29, 0.717) is 28.3 Å². The van der Waals surface area contributed by atoms with Gasteiger partial charge in [-0.15, -0.1) is 0 Å². The van der Waals surface area contributed by atoms with Gasteiger partial charge in [0.05, 0.1) is 24.6 Å². The minimum Gasteiger partial charge on any atom is -0.505 e. The number of phenolic OH excluding ortho intramolecular Hbond substituents is 1. The first-order valence-electron chi connectivity index (χ1n) is 10.9. The molecule has 0 radical (unpaired) electrons. The van der Waals surface area contributed by atoms with Crippen molar-refractivity contribution in [3.63, 3.8) is 0 Å². The van der Waals surface area contributed by atoms with E-state index in [9.17, 15) is 9.90 Å². The number of benzene rings is 3. The minimum atomic E-state index is -0.426. The second kappa shape index (κ2) is 10.7. The van der Waals surface area contributed by atoms with E-state index in [4.69, 9.17) is 21.5 Å². The van der Waals surface area contributed by atoms with Gasteiger partial charge in [-0.1, -0.05) is 24.3 Å². The second-order valence-corrected chi connectivity index (χ2v) is 7.61. The Bertz CT molecular complexity index is 1590. The predicted molar refractivity (Wildman–Crippen MR) is 139 cm³/mol. The summed E-state index contributed by atoms with van der Waals surface area (Å²) >= 11 is 0. The zero-order chi connectivity index (χ0) is 26.4. The van der Waals surface area contributed by atoms with E-state index >= 15 is 0 Å². The lowest BCUT2D eigenvalue weighted by Crippen LogP contribution is -2.12. The number of carbonyl (C=O) groups excluding carboxylic acids is 1. The number of amides is 1. The van der Waals surface area contributed by atoms with Crippen molar-refractivity contribution in [2.75, 3.05) is 23.9 Å². The van der Waals surface area contributed by atoms with Crippen molar-refractivity contribution in [3.8, 4) is 23.5 Å². The van der Waals surface area contributed by atoms with Crippen LogP contribution in [0.1, 0.15) is 15.9 Å². The molecule has 5 aromatic rings. The normalized spacial score (nSPS) is 10.2. The van der Waals surface area contributed by atoms with Gasteiger partial charge in [0.1, 0.15) is 23.2 Å². The minimum absolute atomic E-state index is 0.136. The van der Waals surface area contributed by atoms with Crippen LogP contribution in [0.4, 0.5) is 17.2 Å². The van der Waals surface area contributed by atoms with Crippen LogP contribution in [0.5, 0.6) is 11.5 Å². The maximum Gasteiger partial charge on any atom is 0.259 e. The number of aromatic nitrogens is 4. The van der Waals surface area contributed by atoms with Crippen LogP contribution in [0.2, 0.25) is 0 Å². The molecule has 11 nitrogen and oxygen atoms in total. The lowest BCUT2D eigenvalue weighted by molar-refractivity contribution is 0.102. The Morgan fingerprint density at radius 1 is 1.08 bits per heavy atom. The molecule has 2 heterocycles. The zero-order valence-corrected chi connectivity index (χ0v) is 19.7. The molecule has 6 N–H and O–H groups in total. The number of nitrogens with one attached hydrogen (secondary N) is 1. The summed E-state index contributed by atoms with van der Waals surface area (Å²) < 4.78 is 6.39. The fraction of sp³-hybridized carbons (Fsp3) is 0.0385. The number of nitrogen functional groups attached to an aromatic ring is 2. The Morgan fingerprint density at radius 3 is 2.43 bits per heavy atom.